The number of nitrogens with zero attached hydrogens (tertiary/aromatic N) is 10. The molecular formula is C103H68N10. The minimum Gasteiger partial charge on any atom is -0.296 e. The molecule has 10 heteroatoms. The average Bonchev–Trinajstić information content (AvgIpc) is 1.71. The Morgan fingerprint density at radius 3 is 1.07 bits per heavy atom. The molecule has 0 saturated heterocycles. The maximum absolute atomic E-state index is 5.47. The predicted octanol–water partition coefficient (Wildman–Crippen LogP) is 25.8. The third-order valence-electron chi connectivity index (χ3n) is 21.9. The van der Waals surface area contributed by atoms with Gasteiger partial charge in [0, 0.05) is 89.2 Å². The quantitative estimate of drug-likeness (QED) is 0.112. The highest BCUT2D eigenvalue weighted by Crippen LogP contribution is 2.44. The van der Waals surface area contributed by atoms with E-state index in [9.17, 15) is 0 Å². The van der Waals surface area contributed by atoms with Crippen molar-refractivity contribution in [1.29, 1.82) is 0 Å². The Morgan fingerprint density at radius 2 is 0.593 bits per heavy atom. The maximum Gasteiger partial charge on any atom is 0.145 e. The maximum atomic E-state index is 5.47. The molecule has 0 unspecified atom stereocenters. The molecule has 0 fully saturated rings. The average molecular weight is 1450 g/mol. The predicted molar refractivity (Wildman–Crippen MR) is 466 cm³/mol. The highest BCUT2D eigenvalue weighted by atomic mass is 15.1. The van der Waals surface area contributed by atoms with E-state index in [-0.39, 0.29) is 0 Å². The van der Waals surface area contributed by atoms with Crippen LogP contribution in [0.1, 0.15) is 12.7 Å². The van der Waals surface area contributed by atoms with Crippen molar-refractivity contribution in [3.8, 4) is 107 Å². The first-order chi connectivity index (χ1) is 56.0. The van der Waals surface area contributed by atoms with E-state index in [0.29, 0.717) is 0 Å². The summed E-state index contributed by atoms with van der Waals surface area (Å²) in [4.78, 5) is 36.9. The highest BCUT2D eigenvalue weighted by Gasteiger charge is 2.25. The lowest BCUT2D eigenvalue weighted by Crippen LogP contribution is -1.99. The van der Waals surface area contributed by atoms with Crippen molar-refractivity contribution in [3.63, 3.8) is 0 Å². The van der Waals surface area contributed by atoms with Crippen molar-refractivity contribution in [2.75, 3.05) is 0 Å². The zero-order chi connectivity index (χ0) is 74.9. The number of para-hydroxylation sites is 6. The number of aromatic nitrogens is 10. The monoisotopic (exact) mass is 1440 g/mol. The summed E-state index contributed by atoms with van der Waals surface area (Å²) in [5, 5.41) is 8.71. The molecular weight excluding hydrogens is 1380 g/mol. The van der Waals surface area contributed by atoms with Crippen molar-refractivity contribution in [1.82, 2.24) is 48.6 Å². The van der Waals surface area contributed by atoms with Gasteiger partial charge in [0.1, 0.15) is 17.5 Å². The molecule has 0 amide bonds. The Bertz CT molecular complexity index is 7420. The third kappa shape index (κ3) is 11.7. The van der Waals surface area contributed by atoms with Crippen LogP contribution in [-0.2, 0) is 6.42 Å². The lowest BCUT2D eigenvalue weighted by atomic mass is 9.96. The van der Waals surface area contributed by atoms with Crippen LogP contribution in [0.3, 0.4) is 0 Å². The Morgan fingerprint density at radius 1 is 0.221 bits per heavy atom. The zero-order valence-corrected chi connectivity index (χ0v) is 61.6. The molecule has 15 aromatic carbocycles. The van der Waals surface area contributed by atoms with Crippen molar-refractivity contribution >= 4 is 98.3 Å². The molecule has 22 rings (SSSR count). The number of benzene rings is 15. The molecule has 0 bridgehead atoms. The van der Waals surface area contributed by atoms with E-state index in [1.807, 2.05) is 36.4 Å². The summed E-state index contributed by atoms with van der Waals surface area (Å²) in [5.74, 6) is 2.85. The molecule has 0 atom stereocenters. The summed E-state index contributed by atoms with van der Waals surface area (Å²) in [5.41, 5.74) is 27.5. The van der Waals surface area contributed by atoms with Gasteiger partial charge in [-0.2, -0.15) is 0 Å². The zero-order valence-electron chi connectivity index (χ0n) is 61.6. The van der Waals surface area contributed by atoms with Gasteiger partial charge in [-0.1, -0.05) is 292 Å². The first-order valence-corrected chi connectivity index (χ1v) is 38.3. The Balaban J connectivity index is 0.000000144. The molecule has 530 valence electrons. The summed E-state index contributed by atoms with van der Waals surface area (Å²) in [6, 6.07) is 134. The second kappa shape index (κ2) is 27.8. The van der Waals surface area contributed by atoms with Gasteiger partial charge in [-0.05, 0) is 130 Å². The van der Waals surface area contributed by atoms with Crippen LogP contribution >= 0.6 is 0 Å². The van der Waals surface area contributed by atoms with Crippen molar-refractivity contribution in [2.24, 2.45) is 0 Å². The summed E-state index contributed by atoms with van der Waals surface area (Å²) >= 11 is 0. The van der Waals surface area contributed by atoms with Crippen LogP contribution in [-0.4, -0.2) is 48.6 Å². The lowest BCUT2D eigenvalue weighted by molar-refractivity contribution is 0.908. The van der Waals surface area contributed by atoms with E-state index in [2.05, 4.69) is 366 Å². The molecule has 7 aromatic heterocycles. The summed E-state index contributed by atoms with van der Waals surface area (Å²) < 4.78 is 6.81. The smallest absolute Gasteiger partial charge is 0.145 e. The topological polar surface area (TPSA) is 105 Å². The van der Waals surface area contributed by atoms with Gasteiger partial charge in [-0.3, -0.25) is 13.7 Å². The first-order valence-electron chi connectivity index (χ1n) is 38.3. The van der Waals surface area contributed by atoms with Crippen LogP contribution in [0.5, 0.6) is 0 Å². The minimum absolute atomic E-state index is 0.856. The lowest BCUT2D eigenvalue weighted by Gasteiger charge is -2.13. The molecule has 22 aromatic rings. The van der Waals surface area contributed by atoms with Gasteiger partial charge in [-0.15, -0.1) is 0 Å². The molecule has 0 aliphatic rings. The fourth-order valence-electron chi connectivity index (χ4n) is 16.5. The van der Waals surface area contributed by atoms with Crippen LogP contribution < -0.4 is 0 Å². The van der Waals surface area contributed by atoms with Crippen molar-refractivity contribution in [3.05, 3.63) is 388 Å². The Labute approximate surface area is 651 Å². The number of pyridine rings is 4. The highest BCUT2D eigenvalue weighted by molar-refractivity contribution is 6.22. The first kappa shape index (κ1) is 66.1. The van der Waals surface area contributed by atoms with E-state index in [0.717, 1.165) is 218 Å². The standard InChI is InChI=1S/C56H35N5.C47H33N5/c1-4-13-37(14-5-1)47-32-29-39-27-28-40-30-33-48(58-54(40)53(39)57-47)38-25-23-36(24-26-38)42-17-12-18-43(35-42)52-51-46(45-21-10-11-22-49(45)59-52)31-34-50-55(51)60-56(41-15-6-2-7-16-41)61(50)44-19-8-3-9-20-44;1-2-43-48-40-22-11-12-23-41(40)51(43)36-26-24-31(25-27-36)33-16-13-17-34(30-33)45-44-38(37-20-9-10-21-39(37)49-45)28-29-42-46(44)50-47(32-14-5-3-6-15-32)52(42)35-18-7-4-8-19-35/h1-35H;3-30H,2H2,1H3. The second-order valence-electron chi connectivity index (χ2n) is 28.6. The van der Waals surface area contributed by atoms with Crippen molar-refractivity contribution < 1.29 is 0 Å². The molecule has 0 N–H and O–H groups in total. The van der Waals surface area contributed by atoms with Gasteiger partial charge in [0.15, 0.2) is 0 Å². The Hall–Kier alpha value is -15.1. The van der Waals surface area contributed by atoms with Crippen molar-refractivity contribution in [2.45, 2.75) is 13.3 Å². The SMILES string of the molecule is CCc1nc2ccccc2n1-c1ccc(-c2cccc(-c3nc4ccccc4c4ccc5c(nc(-c6ccccc6)n5-c5ccccc5)c34)c2)cc1.c1ccc(-c2ccc3ccc4ccc(-c5ccc(-c6cccc(-c7nc8ccccc8c8ccc9c(nc(-c%10ccccc%10)n9-c9ccccc9)c78)c6)cc5)nc4c3n2)cc1. The van der Waals surface area contributed by atoms with E-state index in [1.54, 1.807) is 0 Å². The molecule has 0 aliphatic carbocycles. The molecule has 7 heterocycles. The second-order valence-corrected chi connectivity index (χ2v) is 28.6. The van der Waals surface area contributed by atoms with Crippen LogP contribution in [0.2, 0.25) is 0 Å². The van der Waals surface area contributed by atoms with Crippen LogP contribution in [0, 0.1) is 0 Å². The number of rotatable bonds is 12. The number of imidazole rings is 3. The molecule has 0 spiro atoms. The summed E-state index contributed by atoms with van der Waals surface area (Å²) in [7, 11) is 0. The van der Waals surface area contributed by atoms with Crippen LogP contribution in [0.15, 0.2) is 382 Å². The van der Waals surface area contributed by atoms with Gasteiger partial charge in [-0.25, -0.2) is 34.9 Å². The number of hydrogen-bond acceptors (Lipinski definition) is 7. The number of hydrogen-bond donors (Lipinski definition) is 0. The molecule has 10 nitrogen and oxygen atoms in total. The fraction of sp³-hybridized carbons (Fsp3) is 0.0194. The largest absolute Gasteiger partial charge is 0.296 e. The number of fused-ring (bicyclic) bond motifs is 14. The molecule has 0 saturated carbocycles. The van der Waals surface area contributed by atoms with E-state index < -0.39 is 0 Å². The molecule has 0 aliphatic heterocycles. The van der Waals surface area contributed by atoms with Crippen LogP contribution in [0.4, 0.5) is 0 Å². The van der Waals surface area contributed by atoms with Crippen LogP contribution in [0.25, 0.3) is 205 Å². The molecule has 0 radical (unpaired) electrons. The van der Waals surface area contributed by atoms with Gasteiger partial charge >= 0.3 is 0 Å². The minimum atomic E-state index is 0.856. The fourth-order valence-corrected chi connectivity index (χ4v) is 16.5. The van der Waals surface area contributed by atoms with Gasteiger partial charge in [0.2, 0.25) is 0 Å². The third-order valence-corrected chi connectivity index (χ3v) is 21.9. The summed E-state index contributed by atoms with van der Waals surface area (Å²) in [6.07, 6.45) is 0.856. The van der Waals surface area contributed by atoms with Gasteiger partial charge in [0.25, 0.3) is 0 Å². The summed E-state index contributed by atoms with van der Waals surface area (Å²) in [6.45, 7) is 2.16. The number of aryl methyl sites for hydroxylation is 1. The Kier molecular flexibility index (Phi) is 16.3. The van der Waals surface area contributed by atoms with E-state index in [4.69, 9.17) is 34.9 Å². The normalized spacial score (nSPS) is 11.6. The van der Waals surface area contributed by atoms with Gasteiger partial charge < -0.3 is 0 Å². The molecule has 113 heavy (non-hydrogen) atoms. The van der Waals surface area contributed by atoms with E-state index in [1.165, 1.54) is 0 Å². The van der Waals surface area contributed by atoms with Gasteiger partial charge in [0.05, 0.1) is 77.9 Å². The van der Waals surface area contributed by atoms with E-state index >= 15 is 0 Å².